The Morgan fingerprint density at radius 3 is 2.68 bits per heavy atom. The Bertz CT molecular complexity index is 1510. The molecule has 5 rings (SSSR count). The van der Waals surface area contributed by atoms with E-state index in [1.165, 1.54) is 36.2 Å². The van der Waals surface area contributed by atoms with Gasteiger partial charge in [-0.1, -0.05) is 30.0 Å². The molecular formula is C25H20FN7O3S. The molecule has 1 atom stereocenters. The number of nitrogens with zero attached hydrogens (tertiary/aromatic N) is 5. The molecular weight excluding hydrogens is 497 g/mol. The minimum Gasteiger partial charge on any atom is -0.328 e. The van der Waals surface area contributed by atoms with Crippen molar-refractivity contribution in [3.63, 3.8) is 0 Å². The number of nitro benzene ring substituents is 1. The summed E-state index contributed by atoms with van der Waals surface area (Å²) in [5, 5.41) is 22.2. The fraction of sp³-hybridized carbons (Fsp3) is 0.120. The number of carbonyl (C=O) groups is 1. The van der Waals surface area contributed by atoms with Crippen LogP contribution in [0.25, 0.3) is 0 Å². The highest BCUT2D eigenvalue weighted by molar-refractivity contribution is 7.98. The van der Waals surface area contributed by atoms with E-state index in [0.717, 1.165) is 0 Å². The summed E-state index contributed by atoms with van der Waals surface area (Å²) in [4.78, 5) is 32.7. The standard InChI is InChI=1S/C25H20FN7O3S/c1-15-21(23(34)29-18-6-4-12-27-13-18)22(16-8-10-19(11-9-16)33(35)36)32-24(28-15)30-25(31-32)37-14-17-5-2-3-7-20(17)26/h2-13,22H,14H2,1H3,(H,29,34)(H,28,30,31)/t22-/m0/s1. The van der Waals surface area contributed by atoms with Gasteiger partial charge in [-0.05, 0) is 48.4 Å². The topological polar surface area (TPSA) is 128 Å². The van der Waals surface area contributed by atoms with Crippen molar-refractivity contribution in [3.8, 4) is 0 Å². The molecule has 2 aromatic carbocycles. The molecule has 0 fully saturated rings. The molecule has 0 bridgehead atoms. The number of amides is 1. The SMILES string of the molecule is CC1=C(C(=O)Nc2cccnc2)[C@H](c2ccc([N+](=O)[O-])cc2)n2nc(SCc3ccccc3F)nc2N1. The van der Waals surface area contributed by atoms with Crippen LogP contribution in [-0.4, -0.2) is 30.6 Å². The second-order valence-electron chi connectivity index (χ2n) is 8.15. The number of nitrogens with one attached hydrogen (secondary N) is 2. The lowest BCUT2D eigenvalue weighted by atomic mass is 9.95. The van der Waals surface area contributed by atoms with E-state index in [1.807, 2.05) is 0 Å². The van der Waals surface area contributed by atoms with E-state index in [9.17, 15) is 19.3 Å². The predicted molar refractivity (Wildman–Crippen MR) is 136 cm³/mol. The molecule has 4 aromatic rings. The fourth-order valence-electron chi connectivity index (χ4n) is 3.97. The summed E-state index contributed by atoms with van der Waals surface area (Å²) in [5.41, 5.74) is 2.49. The summed E-state index contributed by atoms with van der Waals surface area (Å²) in [7, 11) is 0. The van der Waals surface area contributed by atoms with Gasteiger partial charge in [0.05, 0.1) is 22.4 Å². The van der Waals surface area contributed by atoms with E-state index in [2.05, 4.69) is 25.7 Å². The molecule has 37 heavy (non-hydrogen) atoms. The highest BCUT2D eigenvalue weighted by atomic mass is 32.2. The maximum atomic E-state index is 14.1. The molecule has 3 heterocycles. The van der Waals surface area contributed by atoms with Gasteiger partial charge < -0.3 is 10.6 Å². The van der Waals surface area contributed by atoms with Gasteiger partial charge in [-0.25, -0.2) is 9.07 Å². The number of allylic oxidation sites excluding steroid dienone is 1. The Hall–Kier alpha value is -4.58. The Kier molecular flexibility index (Phi) is 6.64. The summed E-state index contributed by atoms with van der Waals surface area (Å²) < 4.78 is 15.7. The van der Waals surface area contributed by atoms with Crippen LogP contribution >= 0.6 is 11.8 Å². The normalized spacial score (nSPS) is 14.6. The average Bonchev–Trinajstić information content (AvgIpc) is 3.30. The third-order valence-electron chi connectivity index (χ3n) is 5.73. The Morgan fingerprint density at radius 1 is 1.19 bits per heavy atom. The average molecular weight is 518 g/mol. The van der Waals surface area contributed by atoms with Crippen LogP contribution in [0.2, 0.25) is 0 Å². The van der Waals surface area contributed by atoms with Gasteiger partial charge in [-0.2, -0.15) is 4.98 Å². The molecule has 1 amide bonds. The highest BCUT2D eigenvalue weighted by Crippen LogP contribution is 2.37. The number of benzene rings is 2. The zero-order valence-corrected chi connectivity index (χ0v) is 20.3. The van der Waals surface area contributed by atoms with Gasteiger partial charge in [0.1, 0.15) is 11.9 Å². The van der Waals surface area contributed by atoms with Crippen molar-refractivity contribution in [2.45, 2.75) is 23.9 Å². The lowest BCUT2D eigenvalue weighted by Crippen LogP contribution is -2.31. The quantitative estimate of drug-likeness (QED) is 0.200. The largest absolute Gasteiger partial charge is 0.328 e. The number of aromatic nitrogens is 4. The van der Waals surface area contributed by atoms with E-state index < -0.39 is 11.0 Å². The molecule has 0 spiro atoms. The summed E-state index contributed by atoms with van der Waals surface area (Å²) in [6.07, 6.45) is 3.13. The van der Waals surface area contributed by atoms with E-state index in [-0.39, 0.29) is 17.4 Å². The minimum atomic E-state index is -0.718. The van der Waals surface area contributed by atoms with Crippen molar-refractivity contribution in [1.29, 1.82) is 0 Å². The lowest BCUT2D eigenvalue weighted by molar-refractivity contribution is -0.384. The Morgan fingerprint density at radius 2 is 1.97 bits per heavy atom. The number of carbonyl (C=O) groups excluding carboxylic acids is 1. The molecule has 1 aliphatic heterocycles. The van der Waals surface area contributed by atoms with E-state index in [0.29, 0.717) is 44.9 Å². The van der Waals surface area contributed by atoms with Crippen molar-refractivity contribution >= 4 is 35.0 Å². The second-order valence-corrected chi connectivity index (χ2v) is 9.10. The Labute approximate surface area is 214 Å². The van der Waals surface area contributed by atoms with Crippen molar-refractivity contribution in [1.82, 2.24) is 19.7 Å². The molecule has 1 aliphatic rings. The van der Waals surface area contributed by atoms with Crippen LogP contribution < -0.4 is 10.6 Å². The van der Waals surface area contributed by atoms with Crippen LogP contribution in [0.15, 0.2) is 89.5 Å². The third kappa shape index (κ3) is 5.05. The number of fused-ring (bicyclic) bond motifs is 1. The monoisotopic (exact) mass is 517 g/mol. The van der Waals surface area contributed by atoms with Gasteiger partial charge in [0.25, 0.3) is 11.6 Å². The minimum absolute atomic E-state index is 0.0697. The van der Waals surface area contributed by atoms with Crippen molar-refractivity contribution in [3.05, 3.63) is 111 Å². The van der Waals surface area contributed by atoms with Gasteiger partial charge >= 0.3 is 0 Å². The van der Waals surface area contributed by atoms with Crippen LogP contribution in [0.1, 0.15) is 24.1 Å². The zero-order valence-electron chi connectivity index (χ0n) is 19.5. The fourth-order valence-corrected chi connectivity index (χ4v) is 4.78. The Balaban J connectivity index is 1.51. The van der Waals surface area contributed by atoms with Gasteiger partial charge in [0.15, 0.2) is 0 Å². The van der Waals surface area contributed by atoms with Crippen molar-refractivity contribution in [2.75, 3.05) is 10.6 Å². The first kappa shape index (κ1) is 24.1. The molecule has 0 aliphatic carbocycles. The van der Waals surface area contributed by atoms with E-state index in [4.69, 9.17) is 0 Å². The number of anilines is 2. The number of hydrogen-bond donors (Lipinski definition) is 2. The van der Waals surface area contributed by atoms with Gasteiger partial charge in [0.2, 0.25) is 11.1 Å². The van der Waals surface area contributed by atoms with Crippen LogP contribution in [0, 0.1) is 15.9 Å². The molecule has 2 aromatic heterocycles. The molecule has 12 heteroatoms. The lowest BCUT2D eigenvalue weighted by Gasteiger charge is -2.28. The zero-order chi connectivity index (χ0) is 25.9. The first-order valence-corrected chi connectivity index (χ1v) is 12.2. The summed E-state index contributed by atoms with van der Waals surface area (Å²) >= 11 is 1.26. The third-order valence-corrected chi connectivity index (χ3v) is 6.62. The first-order chi connectivity index (χ1) is 17.9. The van der Waals surface area contributed by atoms with Gasteiger partial charge in [-0.3, -0.25) is 19.9 Å². The summed E-state index contributed by atoms with van der Waals surface area (Å²) in [5.74, 6) is 0.0182. The number of non-ortho nitro benzene ring substituents is 1. The van der Waals surface area contributed by atoms with E-state index >= 15 is 0 Å². The number of thioether (sulfide) groups is 1. The van der Waals surface area contributed by atoms with Crippen molar-refractivity contribution < 1.29 is 14.1 Å². The molecule has 0 radical (unpaired) electrons. The van der Waals surface area contributed by atoms with Crippen LogP contribution in [0.5, 0.6) is 0 Å². The number of pyridine rings is 1. The van der Waals surface area contributed by atoms with Crippen LogP contribution in [0.3, 0.4) is 0 Å². The van der Waals surface area contributed by atoms with Gasteiger partial charge in [-0.15, -0.1) is 5.10 Å². The molecule has 0 saturated carbocycles. The predicted octanol–water partition coefficient (Wildman–Crippen LogP) is 4.94. The maximum absolute atomic E-state index is 14.1. The summed E-state index contributed by atoms with van der Waals surface area (Å²) in [6.45, 7) is 1.75. The summed E-state index contributed by atoms with van der Waals surface area (Å²) in [6, 6.07) is 15.1. The second kappa shape index (κ2) is 10.2. The number of halogens is 1. The molecule has 2 N–H and O–H groups in total. The number of rotatable bonds is 7. The molecule has 186 valence electrons. The maximum Gasteiger partial charge on any atom is 0.269 e. The van der Waals surface area contributed by atoms with E-state index in [1.54, 1.807) is 60.3 Å². The van der Waals surface area contributed by atoms with Crippen molar-refractivity contribution in [2.24, 2.45) is 0 Å². The molecule has 10 nitrogen and oxygen atoms in total. The number of nitro groups is 1. The highest BCUT2D eigenvalue weighted by Gasteiger charge is 2.34. The smallest absolute Gasteiger partial charge is 0.269 e. The molecule has 0 saturated heterocycles. The van der Waals surface area contributed by atoms with Crippen LogP contribution in [-0.2, 0) is 10.5 Å². The first-order valence-electron chi connectivity index (χ1n) is 11.2. The molecule has 0 unspecified atom stereocenters. The van der Waals surface area contributed by atoms with Crippen LogP contribution in [0.4, 0.5) is 21.7 Å². The van der Waals surface area contributed by atoms with Gasteiger partial charge in [0, 0.05) is 29.8 Å². The number of hydrogen-bond acceptors (Lipinski definition) is 8.